The van der Waals surface area contributed by atoms with Crippen LogP contribution in [0.1, 0.15) is 46.0 Å². The molecular weight excluding hydrogens is 278 g/mol. The van der Waals surface area contributed by atoms with Gasteiger partial charge in [0.15, 0.2) is 0 Å². The van der Waals surface area contributed by atoms with Crippen LogP contribution in [-0.2, 0) is 4.79 Å². The number of nitrogens with one attached hydrogen (secondary N) is 1. The van der Waals surface area contributed by atoms with E-state index in [-0.39, 0.29) is 17.4 Å². The number of aliphatic hydroxyl groups is 1. The van der Waals surface area contributed by atoms with Crippen LogP contribution < -0.4 is 5.32 Å². The maximum absolute atomic E-state index is 12.1. The fraction of sp³-hybridized carbons (Fsp3) is 0.941. The maximum atomic E-state index is 12.1. The summed E-state index contributed by atoms with van der Waals surface area (Å²) < 4.78 is 0. The van der Waals surface area contributed by atoms with Gasteiger partial charge in [-0.1, -0.05) is 26.7 Å². The van der Waals surface area contributed by atoms with Gasteiger partial charge in [0.1, 0.15) is 0 Å². The van der Waals surface area contributed by atoms with Crippen LogP contribution in [0, 0.1) is 5.41 Å². The zero-order valence-electron chi connectivity index (χ0n) is 14.3. The summed E-state index contributed by atoms with van der Waals surface area (Å²) in [6.45, 7) is 11.2. The minimum absolute atomic E-state index is 0.122. The van der Waals surface area contributed by atoms with Crippen molar-refractivity contribution in [3.8, 4) is 0 Å². The number of piperazine rings is 1. The minimum atomic E-state index is -0.274. The molecule has 1 saturated carbocycles. The third kappa shape index (κ3) is 4.93. The van der Waals surface area contributed by atoms with Crippen molar-refractivity contribution in [1.29, 1.82) is 0 Å². The van der Waals surface area contributed by atoms with Crippen molar-refractivity contribution >= 4 is 5.91 Å². The molecule has 5 heteroatoms. The molecule has 1 heterocycles. The third-order valence-corrected chi connectivity index (χ3v) is 5.54. The number of carbonyl (C=O) groups is 1. The first kappa shape index (κ1) is 17.7. The van der Waals surface area contributed by atoms with E-state index < -0.39 is 0 Å². The molecule has 2 fully saturated rings. The minimum Gasteiger partial charge on any atom is -0.392 e. The van der Waals surface area contributed by atoms with Crippen molar-refractivity contribution in [2.75, 3.05) is 45.8 Å². The van der Waals surface area contributed by atoms with Crippen molar-refractivity contribution in [1.82, 2.24) is 15.1 Å². The number of nitrogens with zero attached hydrogens (tertiary/aromatic N) is 2. The number of aliphatic hydroxyl groups excluding tert-OH is 1. The molecule has 128 valence electrons. The molecule has 0 bridgehead atoms. The molecule has 2 N–H and O–H groups in total. The zero-order chi connectivity index (χ0) is 16.0. The van der Waals surface area contributed by atoms with Gasteiger partial charge in [-0.15, -0.1) is 0 Å². The quantitative estimate of drug-likeness (QED) is 0.770. The number of hydrogen-bond donors (Lipinski definition) is 2. The molecule has 1 amide bonds. The van der Waals surface area contributed by atoms with Crippen LogP contribution in [0.4, 0.5) is 0 Å². The van der Waals surface area contributed by atoms with Gasteiger partial charge < -0.3 is 20.2 Å². The van der Waals surface area contributed by atoms with E-state index in [0.717, 1.165) is 65.0 Å². The molecule has 0 spiro atoms. The number of carbonyl (C=O) groups excluding carboxylic acids is 1. The molecule has 0 aromatic carbocycles. The smallest absolute Gasteiger partial charge is 0.221 e. The van der Waals surface area contributed by atoms with Crippen molar-refractivity contribution in [3.05, 3.63) is 0 Å². The highest BCUT2D eigenvalue weighted by molar-refractivity contribution is 5.76. The van der Waals surface area contributed by atoms with Crippen molar-refractivity contribution < 1.29 is 9.90 Å². The van der Waals surface area contributed by atoms with Gasteiger partial charge in [-0.25, -0.2) is 0 Å². The highest BCUT2D eigenvalue weighted by Gasteiger charge is 2.35. The van der Waals surface area contributed by atoms with Crippen LogP contribution >= 0.6 is 0 Å². The summed E-state index contributed by atoms with van der Waals surface area (Å²) in [5, 5.41) is 13.2. The predicted molar refractivity (Wildman–Crippen MR) is 88.8 cm³/mol. The molecule has 0 aromatic heterocycles. The lowest BCUT2D eigenvalue weighted by Gasteiger charge is -2.38. The predicted octanol–water partition coefficient (Wildman–Crippen LogP) is 1.07. The Morgan fingerprint density at radius 2 is 1.91 bits per heavy atom. The fourth-order valence-electron chi connectivity index (χ4n) is 3.57. The number of hydrogen-bond acceptors (Lipinski definition) is 4. The number of rotatable bonds is 6. The van der Waals surface area contributed by atoms with Gasteiger partial charge in [-0.3, -0.25) is 4.79 Å². The van der Waals surface area contributed by atoms with Crippen LogP contribution in [0.25, 0.3) is 0 Å². The van der Waals surface area contributed by atoms with E-state index in [9.17, 15) is 9.90 Å². The van der Waals surface area contributed by atoms with E-state index in [0.29, 0.717) is 13.0 Å². The van der Waals surface area contributed by atoms with Gasteiger partial charge in [-0.2, -0.15) is 0 Å². The first-order chi connectivity index (χ1) is 10.5. The Hall–Kier alpha value is -0.650. The largest absolute Gasteiger partial charge is 0.392 e. The van der Waals surface area contributed by atoms with Gasteiger partial charge in [0.25, 0.3) is 0 Å². The van der Waals surface area contributed by atoms with E-state index >= 15 is 0 Å². The van der Waals surface area contributed by atoms with Crippen LogP contribution in [0.3, 0.4) is 0 Å². The Morgan fingerprint density at radius 3 is 2.55 bits per heavy atom. The number of likely N-dealkylation sites (N-methyl/N-ethyl adjacent to an activating group) is 1. The lowest BCUT2D eigenvalue weighted by molar-refractivity contribution is -0.122. The zero-order valence-corrected chi connectivity index (χ0v) is 14.3. The second-order valence-electron chi connectivity index (χ2n) is 7.22. The van der Waals surface area contributed by atoms with Gasteiger partial charge in [0.2, 0.25) is 5.91 Å². The van der Waals surface area contributed by atoms with E-state index in [2.05, 4.69) is 29.0 Å². The van der Waals surface area contributed by atoms with E-state index in [4.69, 9.17) is 0 Å². The molecule has 22 heavy (non-hydrogen) atoms. The Balaban J connectivity index is 1.64. The van der Waals surface area contributed by atoms with Gasteiger partial charge in [0.05, 0.1) is 6.10 Å². The standard InChI is InChI=1S/C17H33N3O2/c1-3-19-10-12-20(13-11-19)9-7-16(22)18-14-17(2)8-5-4-6-15(17)21/h15,21H,3-14H2,1-2H3,(H,18,22)/t15-,17-/m0/s1. The maximum Gasteiger partial charge on any atom is 0.221 e. The first-order valence-corrected chi connectivity index (χ1v) is 8.93. The average Bonchev–Trinajstić information content (AvgIpc) is 2.54. The second-order valence-corrected chi connectivity index (χ2v) is 7.22. The monoisotopic (exact) mass is 311 g/mol. The lowest BCUT2D eigenvalue weighted by Crippen LogP contribution is -2.48. The molecule has 1 saturated heterocycles. The normalized spacial score (nSPS) is 31.1. The van der Waals surface area contributed by atoms with E-state index in [1.54, 1.807) is 0 Å². The molecule has 1 aliphatic carbocycles. The summed E-state index contributed by atoms with van der Waals surface area (Å²) in [6.07, 6.45) is 4.43. The van der Waals surface area contributed by atoms with E-state index in [1.165, 1.54) is 0 Å². The summed E-state index contributed by atoms with van der Waals surface area (Å²) in [4.78, 5) is 16.9. The third-order valence-electron chi connectivity index (χ3n) is 5.54. The topological polar surface area (TPSA) is 55.8 Å². The highest BCUT2D eigenvalue weighted by Crippen LogP contribution is 2.35. The molecule has 5 nitrogen and oxygen atoms in total. The molecule has 2 aliphatic rings. The molecule has 0 aromatic rings. The van der Waals surface area contributed by atoms with Crippen LogP contribution in [-0.4, -0.2) is 72.7 Å². The Bertz CT molecular complexity index is 356. The van der Waals surface area contributed by atoms with Crippen molar-refractivity contribution in [2.45, 2.75) is 52.1 Å². The van der Waals surface area contributed by atoms with Crippen LogP contribution in [0.15, 0.2) is 0 Å². The Kier molecular flexibility index (Phi) is 6.66. The molecule has 2 rings (SSSR count). The summed E-state index contributed by atoms with van der Waals surface area (Å²) in [7, 11) is 0. The Morgan fingerprint density at radius 1 is 1.23 bits per heavy atom. The molecule has 0 unspecified atom stereocenters. The summed E-state index contributed by atoms with van der Waals surface area (Å²) in [6, 6.07) is 0. The first-order valence-electron chi connectivity index (χ1n) is 8.93. The molecule has 1 aliphatic heterocycles. The Labute approximate surface area is 135 Å². The lowest BCUT2D eigenvalue weighted by atomic mass is 9.73. The fourth-order valence-corrected chi connectivity index (χ4v) is 3.57. The second kappa shape index (κ2) is 8.27. The molecule has 2 atom stereocenters. The van der Waals surface area contributed by atoms with Crippen LogP contribution in [0.2, 0.25) is 0 Å². The summed E-state index contributed by atoms with van der Waals surface area (Å²) in [5.41, 5.74) is -0.138. The number of amides is 1. The average molecular weight is 311 g/mol. The summed E-state index contributed by atoms with van der Waals surface area (Å²) >= 11 is 0. The van der Waals surface area contributed by atoms with Gasteiger partial charge in [0, 0.05) is 51.1 Å². The SMILES string of the molecule is CCN1CCN(CCC(=O)NC[C@]2(C)CCCC[C@@H]2O)CC1. The molecular formula is C17H33N3O2. The van der Waals surface area contributed by atoms with E-state index in [1.807, 2.05) is 0 Å². The van der Waals surface area contributed by atoms with Gasteiger partial charge in [-0.05, 0) is 19.4 Å². The van der Waals surface area contributed by atoms with Gasteiger partial charge >= 0.3 is 0 Å². The van der Waals surface area contributed by atoms with Crippen LogP contribution in [0.5, 0.6) is 0 Å². The molecule has 0 radical (unpaired) electrons. The highest BCUT2D eigenvalue weighted by atomic mass is 16.3. The van der Waals surface area contributed by atoms with Crippen molar-refractivity contribution in [2.24, 2.45) is 5.41 Å². The van der Waals surface area contributed by atoms with Crippen molar-refractivity contribution in [3.63, 3.8) is 0 Å². The summed E-state index contributed by atoms with van der Waals surface area (Å²) in [5.74, 6) is 0.122.